The van der Waals surface area contributed by atoms with Crippen LogP contribution in [0.2, 0.25) is 0 Å². The third-order valence-electron chi connectivity index (χ3n) is 6.33. The SMILES string of the molecule is CC(C)c1ccccc1N1C=[N+](c2ccccc2C(C)C)C2CCCCC21.F[B-](F)(F)F. The molecule has 2 unspecified atom stereocenters. The van der Waals surface area contributed by atoms with E-state index in [1.54, 1.807) is 0 Å². The maximum atomic E-state index is 9.75. The van der Waals surface area contributed by atoms with E-state index in [-0.39, 0.29) is 0 Å². The minimum Gasteiger partial charge on any atom is -0.418 e. The number of fused-ring (bicyclic) bond motifs is 1. The second-order valence-electron chi connectivity index (χ2n) is 9.27. The van der Waals surface area contributed by atoms with Gasteiger partial charge in [0.2, 0.25) is 6.34 Å². The van der Waals surface area contributed by atoms with Gasteiger partial charge in [-0.05, 0) is 49.7 Å². The van der Waals surface area contributed by atoms with Gasteiger partial charge in [-0.1, -0.05) is 64.1 Å². The Morgan fingerprint density at radius 2 is 1.34 bits per heavy atom. The summed E-state index contributed by atoms with van der Waals surface area (Å²) in [6.45, 7) is 9.22. The van der Waals surface area contributed by atoms with Crippen molar-refractivity contribution < 1.29 is 21.8 Å². The molecule has 0 aromatic heterocycles. The minimum absolute atomic E-state index is 0.536. The molecule has 0 spiro atoms. The van der Waals surface area contributed by atoms with Crippen molar-refractivity contribution in [2.75, 3.05) is 4.90 Å². The first kappa shape index (κ1) is 24.3. The van der Waals surface area contributed by atoms with Crippen LogP contribution in [0.25, 0.3) is 0 Å². The monoisotopic (exact) mass is 448 g/mol. The molecule has 0 N–H and O–H groups in total. The number of anilines is 1. The Bertz CT molecular complexity index is 934. The highest BCUT2D eigenvalue weighted by atomic mass is 19.5. The Morgan fingerprint density at radius 1 is 0.812 bits per heavy atom. The summed E-state index contributed by atoms with van der Waals surface area (Å²) >= 11 is 0. The Labute approximate surface area is 189 Å². The number of hydrogen-bond acceptors (Lipinski definition) is 1. The predicted molar refractivity (Wildman–Crippen MR) is 126 cm³/mol. The number of hydrogen-bond donors (Lipinski definition) is 0. The average molecular weight is 448 g/mol. The quantitative estimate of drug-likeness (QED) is 0.264. The number of rotatable bonds is 4. The molecule has 0 radical (unpaired) electrons. The Hall–Kier alpha value is -2.31. The molecule has 2 aromatic rings. The third kappa shape index (κ3) is 5.73. The number of halogens is 4. The highest BCUT2D eigenvalue weighted by Gasteiger charge is 2.45. The predicted octanol–water partition coefficient (Wildman–Crippen LogP) is 7.74. The van der Waals surface area contributed by atoms with Crippen LogP contribution < -0.4 is 4.90 Å². The van der Waals surface area contributed by atoms with Crippen molar-refractivity contribution in [3.05, 3.63) is 59.7 Å². The molecule has 2 atom stereocenters. The maximum absolute atomic E-state index is 9.75. The van der Waals surface area contributed by atoms with Crippen LogP contribution in [0.4, 0.5) is 28.6 Å². The molecule has 4 rings (SSSR count). The van der Waals surface area contributed by atoms with Gasteiger partial charge in [-0.2, -0.15) is 0 Å². The second kappa shape index (κ2) is 10.1. The molecule has 1 fully saturated rings. The number of benzene rings is 2. The molecule has 174 valence electrons. The molecule has 0 saturated heterocycles. The van der Waals surface area contributed by atoms with Crippen molar-refractivity contribution in [2.45, 2.75) is 77.3 Å². The van der Waals surface area contributed by atoms with E-state index in [1.807, 2.05) is 0 Å². The number of nitrogens with zero attached hydrogens (tertiary/aromatic N) is 2. The summed E-state index contributed by atoms with van der Waals surface area (Å²) in [6.07, 6.45) is 7.68. The lowest BCUT2D eigenvalue weighted by Gasteiger charge is -2.28. The standard InChI is InChI=1S/C25H33N2.BF4/c1-18(2)20-11-5-7-13-22(20)26-17-27(25-16-10-9-15-24(25)26)23-14-8-6-12-21(23)19(3)4;2-1(3,4)5/h5-8,11-14,17-19,24-25H,9-10,15-16H2,1-4H3;/q+1;-1. The molecule has 1 aliphatic heterocycles. The van der Waals surface area contributed by atoms with Crippen LogP contribution in [0.1, 0.15) is 76.3 Å². The Morgan fingerprint density at radius 3 is 1.97 bits per heavy atom. The Kier molecular flexibility index (Phi) is 7.68. The molecule has 1 saturated carbocycles. The van der Waals surface area contributed by atoms with Gasteiger partial charge in [0.05, 0.1) is 0 Å². The van der Waals surface area contributed by atoms with Gasteiger partial charge in [0.15, 0.2) is 0 Å². The summed E-state index contributed by atoms with van der Waals surface area (Å²) in [5, 5.41) is 0. The zero-order valence-corrected chi connectivity index (χ0v) is 19.3. The molecule has 2 aromatic carbocycles. The summed E-state index contributed by atoms with van der Waals surface area (Å²) < 4.78 is 41.6. The maximum Gasteiger partial charge on any atom is 0.673 e. The fraction of sp³-hybridized carbons (Fsp3) is 0.480. The van der Waals surface area contributed by atoms with Crippen molar-refractivity contribution in [1.29, 1.82) is 0 Å². The van der Waals surface area contributed by atoms with E-state index in [1.165, 1.54) is 48.2 Å². The van der Waals surface area contributed by atoms with Crippen LogP contribution in [0.15, 0.2) is 48.5 Å². The minimum atomic E-state index is -6.00. The zero-order chi connectivity index (χ0) is 23.5. The summed E-state index contributed by atoms with van der Waals surface area (Å²) in [5.41, 5.74) is 5.71. The molecule has 0 amide bonds. The smallest absolute Gasteiger partial charge is 0.418 e. The molecule has 1 heterocycles. The average Bonchev–Trinajstić information content (AvgIpc) is 3.12. The highest BCUT2D eigenvalue weighted by molar-refractivity contribution is 6.50. The number of para-hydroxylation sites is 2. The molecular weight excluding hydrogens is 415 g/mol. The van der Waals surface area contributed by atoms with Gasteiger partial charge in [-0.15, -0.1) is 0 Å². The second-order valence-corrected chi connectivity index (χ2v) is 9.27. The molecule has 0 bridgehead atoms. The molecule has 2 nitrogen and oxygen atoms in total. The first-order valence-electron chi connectivity index (χ1n) is 11.5. The van der Waals surface area contributed by atoms with E-state index in [4.69, 9.17) is 0 Å². The third-order valence-corrected chi connectivity index (χ3v) is 6.33. The van der Waals surface area contributed by atoms with Crippen LogP contribution in [-0.4, -0.2) is 30.3 Å². The van der Waals surface area contributed by atoms with Crippen LogP contribution in [-0.2, 0) is 0 Å². The van der Waals surface area contributed by atoms with Crippen molar-refractivity contribution in [3.8, 4) is 0 Å². The van der Waals surface area contributed by atoms with Crippen molar-refractivity contribution in [3.63, 3.8) is 0 Å². The first-order valence-corrected chi connectivity index (χ1v) is 11.5. The van der Waals surface area contributed by atoms with E-state index in [0.29, 0.717) is 23.9 Å². The van der Waals surface area contributed by atoms with E-state index in [2.05, 4.69) is 92.0 Å². The van der Waals surface area contributed by atoms with Crippen molar-refractivity contribution >= 4 is 25.0 Å². The van der Waals surface area contributed by atoms with Gasteiger partial charge < -0.3 is 17.3 Å². The summed E-state index contributed by atoms with van der Waals surface area (Å²) in [7, 11) is -6.00. The highest BCUT2D eigenvalue weighted by Crippen LogP contribution is 2.39. The summed E-state index contributed by atoms with van der Waals surface area (Å²) in [5.74, 6) is 1.07. The van der Waals surface area contributed by atoms with Crippen molar-refractivity contribution in [2.24, 2.45) is 0 Å². The van der Waals surface area contributed by atoms with Gasteiger partial charge in [-0.25, -0.2) is 9.48 Å². The lowest BCUT2D eigenvalue weighted by atomic mass is 9.88. The topological polar surface area (TPSA) is 6.25 Å². The lowest BCUT2D eigenvalue weighted by Crippen LogP contribution is -2.41. The van der Waals surface area contributed by atoms with Gasteiger partial charge in [-0.3, -0.25) is 0 Å². The van der Waals surface area contributed by atoms with Crippen molar-refractivity contribution in [1.82, 2.24) is 0 Å². The van der Waals surface area contributed by atoms with Crippen LogP contribution in [0.3, 0.4) is 0 Å². The first-order chi connectivity index (χ1) is 15.1. The van der Waals surface area contributed by atoms with Crippen LogP contribution in [0, 0.1) is 0 Å². The normalized spacial score (nSPS) is 20.7. The fourth-order valence-corrected chi connectivity index (χ4v) is 4.95. The molecule has 7 heteroatoms. The van der Waals surface area contributed by atoms with Crippen LogP contribution in [0.5, 0.6) is 0 Å². The Balaban J connectivity index is 0.000000523. The molecule has 2 aliphatic rings. The lowest BCUT2D eigenvalue weighted by molar-refractivity contribution is -0.477. The van der Waals surface area contributed by atoms with E-state index < -0.39 is 7.25 Å². The van der Waals surface area contributed by atoms with Gasteiger partial charge in [0.25, 0.3) is 0 Å². The van der Waals surface area contributed by atoms with Gasteiger partial charge >= 0.3 is 7.25 Å². The molecule has 32 heavy (non-hydrogen) atoms. The van der Waals surface area contributed by atoms with Gasteiger partial charge in [0, 0.05) is 11.1 Å². The zero-order valence-electron chi connectivity index (χ0n) is 19.3. The fourth-order valence-electron chi connectivity index (χ4n) is 4.95. The van der Waals surface area contributed by atoms with E-state index >= 15 is 0 Å². The van der Waals surface area contributed by atoms with E-state index in [0.717, 1.165) is 0 Å². The van der Waals surface area contributed by atoms with Gasteiger partial charge in [0.1, 0.15) is 23.5 Å². The van der Waals surface area contributed by atoms with E-state index in [9.17, 15) is 17.3 Å². The summed E-state index contributed by atoms with van der Waals surface area (Å²) in [6, 6.07) is 19.1. The largest absolute Gasteiger partial charge is 0.673 e. The molecular formula is C25H33BF4N2. The summed E-state index contributed by atoms with van der Waals surface area (Å²) in [4.78, 5) is 2.59. The molecule has 1 aliphatic carbocycles. The van der Waals surface area contributed by atoms with Crippen LogP contribution >= 0.6 is 0 Å².